The zero-order valence-corrected chi connectivity index (χ0v) is 20.5. The lowest BCUT2D eigenvalue weighted by Crippen LogP contribution is -2.51. The number of amides is 2. The second-order valence-electron chi connectivity index (χ2n) is 6.54. The average molecular weight is 640 g/mol. The van der Waals surface area contributed by atoms with Crippen molar-refractivity contribution < 1.29 is 14.3 Å². The summed E-state index contributed by atoms with van der Waals surface area (Å²) < 4.78 is 7.93. The molecule has 0 unspecified atom stereocenters. The van der Waals surface area contributed by atoms with Gasteiger partial charge in [-0.2, -0.15) is 0 Å². The van der Waals surface area contributed by atoms with E-state index >= 15 is 0 Å². The smallest absolute Gasteiger partial charge is 0.263 e. The fourth-order valence-electron chi connectivity index (χ4n) is 3.14. The van der Waals surface area contributed by atoms with Gasteiger partial charge in [-0.15, -0.1) is 0 Å². The molecule has 0 bridgehead atoms. The van der Waals surface area contributed by atoms with Crippen LogP contribution in [0.25, 0.3) is 16.8 Å². The van der Waals surface area contributed by atoms with E-state index in [0.717, 1.165) is 24.0 Å². The Hall–Kier alpha value is -2.05. The molecular weight excluding hydrogens is 626 g/mol. The van der Waals surface area contributed by atoms with Crippen molar-refractivity contribution in [3.63, 3.8) is 0 Å². The van der Waals surface area contributed by atoms with E-state index in [-0.39, 0.29) is 10.7 Å². The number of fused-ring (bicyclic) bond motifs is 1. The maximum atomic E-state index is 12.1. The predicted molar refractivity (Wildman–Crippen MR) is 137 cm³/mol. The standard InChI is InChI=1S/C22H14I2N2O3S/c23-17-9-12(8-16-20(27)25-22(30)26-21(16)28)10-18(24)19(17)29-11-14-6-3-5-13-4-1-2-7-15(13)14/h1-10H,11H2,(H2,25,26,27,28,30). The molecule has 1 fully saturated rings. The van der Waals surface area contributed by atoms with E-state index in [4.69, 9.17) is 17.0 Å². The first-order valence-electron chi connectivity index (χ1n) is 8.89. The van der Waals surface area contributed by atoms with E-state index in [1.165, 1.54) is 10.8 Å². The zero-order valence-electron chi connectivity index (χ0n) is 15.4. The molecular formula is C22H14I2N2O3S. The molecule has 0 radical (unpaired) electrons. The van der Waals surface area contributed by atoms with Gasteiger partial charge in [0.2, 0.25) is 0 Å². The van der Waals surface area contributed by atoms with Gasteiger partial charge in [0, 0.05) is 0 Å². The predicted octanol–water partition coefficient (Wildman–Crippen LogP) is 4.54. The molecule has 0 spiro atoms. The number of carbonyl (C=O) groups excluding carboxylic acids is 2. The molecule has 2 N–H and O–H groups in total. The summed E-state index contributed by atoms with van der Waals surface area (Å²) in [5.74, 6) is -0.250. The van der Waals surface area contributed by atoms with Crippen LogP contribution >= 0.6 is 57.4 Å². The van der Waals surface area contributed by atoms with Crippen LogP contribution in [0.4, 0.5) is 0 Å². The van der Waals surface area contributed by atoms with E-state index in [1.807, 2.05) is 30.3 Å². The molecule has 1 saturated heterocycles. The SMILES string of the molecule is O=C1NC(=S)NC(=O)C1=Cc1cc(I)c(OCc2cccc3ccccc23)c(I)c1. The molecule has 1 aliphatic heterocycles. The monoisotopic (exact) mass is 640 g/mol. The van der Waals surface area contributed by atoms with Crippen molar-refractivity contribution in [2.75, 3.05) is 0 Å². The maximum absolute atomic E-state index is 12.1. The van der Waals surface area contributed by atoms with Crippen LogP contribution in [0.15, 0.2) is 60.2 Å². The second-order valence-corrected chi connectivity index (χ2v) is 9.27. The normalized spacial score (nSPS) is 13.8. The van der Waals surface area contributed by atoms with E-state index < -0.39 is 11.8 Å². The Labute approximate surface area is 205 Å². The van der Waals surface area contributed by atoms with E-state index in [2.05, 4.69) is 80.1 Å². The van der Waals surface area contributed by atoms with Gasteiger partial charge >= 0.3 is 0 Å². The molecule has 4 rings (SSSR count). The molecule has 0 saturated carbocycles. The number of ether oxygens (including phenoxy) is 1. The van der Waals surface area contributed by atoms with Crippen molar-refractivity contribution in [3.8, 4) is 5.75 Å². The fourth-order valence-corrected chi connectivity index (χ4v) is 5.46. The Kier molecular flexibility index (Phi) is 6.34. The van der Waals surface area contributed by atoms with Gasteiger partial charge in [-0.05, 0) is 97.5 Å². The minimum Gasteiger partial charge on any atom is -0.487 e. The number of nitrogens with one attached hydrogen (secondary N) is 2. The molecule has 0 atom stereocenters. The van der Waals surface area contributed by atoms with Gasteiger partial charge in [0.25, 0.3) is 11.8 Å². The zero-order chi connectivity index (χ0) is 21.3. The first kappa shape index (κ1) is 21.2. The van der Waals surface area contributed by atoms with Crippen LogP contribution in [0.2, 0.25) is 0 Å². The lowest BCUT2D eigenvalue weighted by atomic mass is 10.1. The number of halogens is 2. The maximum Gasteiger partial charge on any atom is 0.263 e. The molecule has 8 heteroatoms. The Morgan fingerprint density at radius 2 is 1.57 bits per heavy atom. The summed E-state index contributed by atoms with van der Waals surface area (Å²) in [6.45, 7) is 0.441. The molecule has 150 valence electrons. The summed E-state index contributed by atoms with van der Waals surface area (Å²) >= 11 is 9.22. The van der Waals surface area contributed by atoms with Gasteiger partial charge in [-0.1, -0.05) is 42.5 Å². The lowest BCUT2D eigenvalue weighted by Gasteiger charge is -2.17. The van der Waals surface area contributed by atoms with Crippen molar-refractivity contribution >= 4 is 91.2 Å². The van der Waals surface area contributed by atoms with Crippen LogP contribution in [0.1, 0.15) is 11.1 Å². The first-order valence-corrected chi connectivity index (χ1v) is 11.5. The van der Waals surface area contributed by atoms with Crippen LogP contribution in [0, 0.1) is 7.14 Å². The highest BCUT2D eigenvalue weighted by molar-refractivity contribution is 14.1. The minimum absolute atomic E-state index is 0.0135. The number of hydrogen-bond donors (Lipinski definition) is 2. The number of thiocarbonyl (C=S) groups is 1. The largest absolute Gasteiger partial charge is 0.487 e. The summed E-state index contributed by atoms with van der Waals surface area (Å²) in [5, 5.41) is 7.23. The molecule has 30 heavy (non-hydrogen) atoms. The summed E-state index contributed by atoms with van der Waals surface area (Å²) in [5.41, 5.74) is 1.85. The Balaban J connectivity index is 1.59. The molecule has 0 aromatic heterocycles. The van der Waals surface area contributed by atoms with Gasteiger partial charge in [-0.3, -0.25) is 20.2 Å². The quantitative estimate of drug-likeness (QED) is 0.190. The molecule has 2 amide bonds. The first-order chi connectivity index (χ1) is 14.4. The van der Waals surface area contributed by atoms with Gasteiger partial charge in [-0.25, -0.2) is 0 Å². The second kappa shape index (κ2) is 8.98. The summed E-state index contributed by atoms with van der Waals surface area (Å²) in [6.07, 6.45) is 1.55. The van der Waals surface area contributed by atoms with Gasteiger partial charge in [0.15, 0.2) is 5.11 Å². The molecule has 1 aliphatic rings. The molecule has 3 aromatic rings. The van der Waals surface area contributed by atoms with Crippen LogP contribution in [-0.2, 0) is 16.2 Å². The van der Waals surface area contributed by atoms with Gasteiger partial charge in [0.05, 0.1) is 7.14 Å². The molecule has 3 aromatic carbocycles. The van der Waals surface area contributed by atoms with Gasteiger partial charge < -0.3 is 4.74 Å². The summed E-state index contributed by atoms with van der Waals surface area (Å²) in [7, 11) is 0. The third-order valence-corrected chi connectivity index (χ3v) is 6.33. The minimum atomic E-state index is -0.509. The highest BCUT2D eigenvalue weighted by Gasteiger charge is 2.25. The van der Waals surface area contributed by atoms with Crippen molar-refractivity contribution in [2.24, 2.45) is 0 Å². The highest BCUT2D eigenvalue weighted by Crippen LogP contribution is 2.31. The van der Waals surface area contributed by atoms with Crippen LogP contribution in [0.3, 0.4) is 0 Å². The molecule has 1 heterocycles. The number of hydrogen-bond acceptors (Lipinski definition) is 4. The van der Waals surface area contributed by atoms with E-state index in [9.17, 15) is 9.59 Å². The summed E-state index contributed by atoms with van der Waals surface area (Å²) in [4.78, 5) is 24.1. The lowest BCUT2D eigenvalue weighted by molar-refractivity contribution is -0.123. The Morgan fingerprint density at radius 1 is 0.933 bits per heavy atom. The van der Waals surface area contributed by atoms with E-state index in [1.54, 1.807) is 6.08 Å². The van der Waals surface area contributed by atoms with E-state index in [0.29, 0.717) is 6.61 Å². The van der Waals surface area contributed by atoms with Crippen LogP contribution in [0.5, 0.6) is 5.75 Å². The molecule has 5 nitrogen and oxygen atoms in total. The summed E-state index contributed by atoms with van der Waals surface area (Å²) in [6, 6.07) is 18.1. The Bertz CT molecular complexity index is 1190. The third-order valence-electron chi connectivity index (χ3n) is 4.53. The van der Waals surface area contributed by atoms with Gasteiger partial charge in [0.1, 0.15) is 17.9 Å². The molecule has 0 aliphatic carbocycles. The van der Waals surface area contributed by atoms with Crippen LogP contribution < -0.4 is 15.4 Å². The van der Waals surface area contributed by atoms with Crippen molar-refractivity contribution in [1.82, 2.24) is 10.6 Å². The number of benzene rings is 3. The highest BCUT2D eigenvalue weighted by atomic mass is 127. The van der Waals surface area contributed by atoms with Crippen LogP contribution in [-0.4, -0.2) is 16.9 Å². The van der Waals surface area contributed by atoms with Crippen molar-refractivity contribution in [2.45, 2.75) is 6.61 Å². The number of carbonyl (C=O) groups is 2. The number of rotatable bonds is 4. The fraction of sp³-hybridized carbons (Fsp3) is 0.0455. The Morgan fingerprint density at radius 3 is 2.27 bits per heavy atom. The topological polar surface area (TPSA) is 67.4 Å². The third kappa shape index (κ3) is 4.49. The van der Waals surface area contributed by atoms with Crippen molar-refractivity contribution in [1.29, 1.82) is 0 Å². The average Bonchev–Trinajstić information content (AvgIpc) is 2.70. The van der Waals surface area contributed by atoms with Crippen molar-refractivity contribution in [3.05, 3.63) is 78.4 Å².